The van der Waals surface area contributed by atoms with Gasteiger partial charge in [-0.1, -0.05) is 30.7 Å². The number of hydrogen-bond donors (Lipinski definition) is 1. The zero-order valence-electron chi connectivity index (χ0n) is 13.7. The number of nitrogens with one attached hydrogen (secondary N) is 1. The number of nitrogens with zero attached hydrogens (tertiary/aromatic N) is 3. The first kappa shape index (κ1) is 17.2. The highest BCUT2D eigenvalue weighted by Gasteiger charge is 2.22. The zero-order chi connectivity index (χ0) is 16.9. The molecule has 1 aromatic carbocycles. The fourth-order valence-corrected chi connectivity index (χ4v) is 3.60. The molecule has 7 heteroatoms. The van der Waals surface area contributed by atoms with Crippen molar-refractivity contribution in [2.24, 2.45) is 0 Å². The number of aryl methyl sites for hydroxylation is 1. The van der Waals surface area contributed by atoms with E-state index in [1.54, 1.807) is 17.4 Å². The van der Waals surface area contributed by atoms with Crippen LogP contribution in [-0.4, -0.2) is 47.0 Å². The third-order valence-electron chi connectivity index (χ3n) is 4.06. The zero-order valence-corrected chi connectivity index (χ0v) is 15.2. The Morgan fingerprint density at radius 2 is 2.04 bits per heavy atom. The number of para-hydroxylation sites is 1. The van der Waals surface area contributed by atoms with E-state index >= 15 is 0 Å². The molecule has 0 aliphatic carbocycles. The second-order valence-corrected chi connectivity index (χ2v) is 7.11. The van der Waals surface area contributed by atoms with E-state index in [2.05, 4.69) is 27.5 Å². The first-order chi connectivity index (χ1) is 11.7. The third kappa shape index (κ3) is 4.26. The number of carbonyl (C=O) groups is 1. The van der Waals surface area contributed by atoms with Crippen LogP contribution in [0.4, 0.5) is 10.5 Å². The number of hydrogen-bond acceptors (Lipinski definition) is 4. The molecular formula is C17H21ClN4OS. The SMILES string of the molecule is CCc1nc(CN2CCN(C(=O)Nc3ccccc3Cl)CC2)cs1. The molecule has 0 spiro atoms. The first-order valence-corrected chi connectivity index (χ1v) is 9.37. The summed E-state index contributed by atoms with van der Waals surface area (Å²) in [5, 5.41) is 6.75. The van der Waals surface area contributed by atoms with Crippen LogP contribution in [0.2, 0.25) is 5.02 Å². The average Bonchev–Trinajstić information content (AvgIpc) is 3.05. The third-order valence-corrected chi connectivity index (χ3v) is 5.43. The maximum absolute atomic E-state index is 12.4. The van der Waals surface area contributed by atoms with Crippen molar-refractivity contribution in [3.05, 3.63) is 45.4 Å². The maximum atomic E-state index is 12.4. The monoisotopic (exact) mass is 364 g/mol. The van der Waals surface area contributed by atoms with E-state index in [0.717, 1.165) is 31.7 Å². The van der Waals surface area contributed by atoms with E-state index in [4.69, 9.17) is 11.6 Å². The lowest BCUT2D eigenvalue weighted by atomic mass is 10.3. The number of thiazole rings is 1. The molecule has 1 aliphatic rings. The lowest BCUT2D eigenvalue weighted by Gasteiger charge is -2.34. The minimum absolute atomic E-state index is 0.0929. The minimum atomic E-state index is -0.0929. The van der Waals surface area contributed by atoms with E-state index in [1.165, 1.54) is 5.01 Å². The molecule has 2 amide bonds. The van der Waals surface area contributed by atoms with Crippen molar-refractivity contribution in [2.75, 3.05) is 31.5 Å². The molecule has 0 bridgehead atoms. The Bertz CT molecular complexity index is 697. The molecule has 24 heavy (non-hydrogen) atoms. The summed E-state index contributed by atoms with van der Waals surface area (Å²) in [7, 11) is 0. The van der Waals surface area contributed by atoms with Crippen molar-refractivity contribution in [1.29, 1.82) is 0 Å². The summed E-state index contributed by atoms with van der Waals surface area (Å²) in [6, 6.07) is 7.19. The van der Waals surface area contributed by atoms with Gasteiger partial charge in [-0.25, -0.2) is 9.78 Å². The van der Waals surface area contributed by atoms with Crippen LogP contribution in [-0.2, 0) is 13.0 Å². The summed E-state index contributed by atoms with van der Waals surface area (Å²) in [6.45, 7) is 6.11. The lowest BCUT2D eigenvalue weighted by Crippen LogP contribution is -2.49. The van der Waals surface area contributed by atoms with Crippen LogP contribution in [0.5, 0.6) is 0 Å². The summed E-state index contributed by atoms with van der Waals surface area (Å²) in [6.07, 6.45) is 0.987. The molecule has 1 aromatic heterocycles. The van der Waals surface area contributed by atoms with Gasteiger partial charge in [0.2, 0.25) is 0 Å². The minimum Gasteiger partial charge on any atom is -0.322 e. The molecule has 2 heterocycles. The van der Waals surface area contributed by atoms with Crippen molar-refractivity contribution >= 4 is 34.7 Å². The van der Waals surface area contributed by atoms with Gasteiger partial charge in [0.25, 0.3) is 0 Å². The Labute approximate surface area is 151 Å². The van der Waals surface area contributed by atoms with E-state index in [0.29, 0.717) is 23.8 Å². The highest BCUT2D eigenvalue weighted by Crippen LogP contribution is 2.21. The number of urea groups is 1. The Morgan fingerprint density at radius 3 is 2.71 bits per heavy atom. The quantitative estimate of drug-likeness (QED) is 0.899. The largest absolute Gasteiger partial charge is 0.322 e. The lowest BCUT2D eigenvalue weighted by molar-refractivity contribution is 0.142. The predicted molar refractivity (Wildman–Crippen MR) is 98.8 cm³/mol. The van der Waals surface area contributed by atoms with Gasteiger partial charge in [0.1, 0.15) is 0 Å². The van der Waals surface area contributed by atoms with Gasteiger partial charge in [0.05, 0.1) is 21.4 Å². The maximum Gasteiger partial charge on any atom is 0.321 e. The summed E-state index contributed by atoms with van der Waals surface area (Å²) in [5.74, 6) is 0. The number of carbonyl (C=O) groups excluding carboxylic acids is 1. The van der Waals surface area contributed by atoms with E-state index in [1.807, 2.05) is 23.1 Å². The normalized spacial score (nSPS) is 15.5. The Balaban J connectivity index is 1.49. The molecule has 0 atom stereocenters. The van der Waals surface area contributed by atoms with Gasteiger partial charge in [-0.2, -0.15) is 0 Å². The van der Waals surface area contributed by atoms with Crippen LogP contribution in [0.3, 0.4) is 0 Å². The molecule has 1 fully saturated rings. The van der Waals surface area contributed by atoms with Crippen molar-refractivity contribution in [3.8, 4) is 0 Å². The second-order valence-electron chi connectivity index (χ2n) is 5.76. The molecule has 1 N–H and O–H groups in total. The van der Waals surface area contributed by atoms with Gasteiger partial charge in [0, 0.05) is 38.1 Å². The number of anilines is 1. The van der Waals surface area contributed by atoms with Crippen LogP contribution in [0.1, 0.15) is 17.6 Å². The van der Waals surface area contributed by atoms with Crippen molar-refractivity contribution in [1.82, 2.24) is 14.8 Å². The number of aromatic nitrogens is 1. The Morgan fingerprint density at radius 1 is 1.29 bits per heavy atom. The molecule has 1 aliphatic heterocycles. The van der Waals surface area contributed by atoms with Crippen LogP contribution in [0.25, 0.3) is 0 Å². The van der Waals surface area contributed by atoms with Crippen LogP contribution < -0.4 is 5.32 Å². The highest BCUT2D eigenvalue weighted by molar-refractivity contribution is 7.09. The highest BCUT2D eigenvalue weighted by atomic mass is 35.5. The number of benzene rings is 1. The number of rotatable bonds is 4. The van der Waals surface area contributed by atoms with Gasteiger partial charge < -0.3 is 10.2 Å². The summed E-state index contributed by atoms with van der Waals surface area (Å²) in [4.78, 5) is 21.1. The van der Waals surface area contributed by atoms with Gasteiger partial charge in [-0.05, 0) is 18.6 Å². The molecule has 0 unspecified atom stereocenters. The van der Waals surface area contributed by atoms with Crippen LogP contribution >= 0.6 is 22.9 Å². The van der Waals surface area contributed by atoms with Gasteiger partial charge >= 0.3 is 6.03 Å². The second kappa shape index (κ2) is 7.96. The van der Waals surface area contributed by atoms with Crippen LogP contribution in [0.15, 0.2) is 29.6 Å². The number of halogens is 1. The molecular weight excluding hydrogens is 344 g/mol. The summed E-state index contributed by atoms with van der Waals surface area (Å²) < 4.78 is 0. The molecule has 0 saturated carbocycles. The Hall–Kier alpha value is -1.63. The fourth-order valence-electron chi connectivity index (χ4n) is 2.68. The summed E-state index contributed by atoms with van der Waals surface area (Å²) >= 11 is 7.81. The smallest absolute Gasteiger partial charge is 0.321 e. The number of piperazine rings is 1. The molecule has 5 nitrogen and oxygen atoms in total. The summed E-state index contributed by atoms with van der Waals surface area (Å²) in [5.41, 5.74) is 1.78. The average molecular weight is 365 g/mol. The molecule has 128 valence electrons. The van der Waals surface area contributed by atoms with Crippen molar-refractivity contribution in [2.45, 2.75) is 19.9 Å². The standard InChI is InChI=1S/C17H21ClN4OS/c1-2-16-19-13(12-24-16)11-21-7-9-22(10-8-21)17(23)20-15-6-4-3-5-14(15)18/h3-6,12H,2,7-11H2,1H3,(H,20,23). The molecule has 2 aromatic rings. The Kier molecular flexibility index (Phi) is 5.71. The van der Waals surface area contributed by atoms with E-state index in [9.17, 15) is 4.79 Å². The molecule has 1 saturated heterocycles. The predicted octanol–water partition coefficient (Wildman–Crippen LogP) is 3.71. The first-order valence-electron chi connectivity index (χ1n) is 8.12. The number of amides is 2. The molecule has 3 rings (SSSR count). The topological polar surface area (TPSA) is 48.5 Å². The van der Waals surface area contributed by atoms with E-state index < -0.39 is 0 Å². The fraction of sp³-hybridized carbons (Fsp3) is 0.412. The van der Waals surface area contributed by atoms with Crippen molar-refractivity contribution in [3.63, 3.8) is 0 Å². The van der Waals surface area contributed by atoms with E-state index in [-0.39, 0.29) is 6.03 Å². The van der Waals surface area contributed by atoms with Crippen molar-refractivity contribution < 1.29 is 4.79 Å². The van der Waals surface area contributed by atoms with Gasteiger partial charge in [-0.3, -0.25) is 4.90 Å². The van der Waals surface area contributed by atoms with Gasteiger partial charge in [0.15, 0.2) is 0 Å². The van der Waals surface area contributed by atoms with Gasteiger partial charge in [-0.15, -0.1) is 11.3 Å². The van der Waals surface area contributed by atoms with Crippen LogP contribution in [0, 0.1) is 0 Å². The molecule has 0 radical (unpaired) electrons.